The molecule has 0 bridgehead atoms. The lowest BCUT2D eigenvalue weighted by Gasteiger charge is -2.19. The van der Waals surface area contributed by atoms with Crippen LogP contribution in [0.5, 0.6) is 0 Å². The Balaban J connectivity index is 2.17. The zero-order valence-electron chi connectivity index (χ0n) is 14.9. The van der Waals surface area contributed by atoms with Crippen LogP contribution >= 0.6 is 0 Å². The molecule has 3 aromatic rings. The van der Waals surface area contributed by atoms with E-state index in [0.717, 1.165) is 6.42 Å². The third-order valence-electron chi connectivity index (χ3n) is 4.36. The lowest BCUT2D eigenvalue weighted by molar-refractivity contribution is 0.411. The third-order valence-corrected chi connectivity index (χ3v) is 4.36. The van der Waals surface area contributed by atoms with Crippen LogP contribution < -0.4 is 0 Å². The van der Waals surface area contributed by atoms with Gasteiger partial charge in [-0.15, -0.1) is 0 Å². The Morgan fingerprint density at radius 3 is 2.26 bits per heavy atom. The van der Waals surface area contributed by atoms with Gasteiger partial charge in [-0.2, -0.15) is 0 Å². The van der Waals surface area contributed by atoms with Gasteiger partial charge in [0.15, 0.2) is 0 Å². The molecule has 0 aliphatic carbocycles. The van der Waals surface area contributed by atoms with Crippen molar-refractivity contribution in [1.29, 1.82) is 0 Å². The van der Waals surface area contributed by atoms with Crippen LogP contribution in [0.2, 0.25) is 0 Å². The van der Waals surface area contributed by atoms with E-state index in [4.69, 9.17) is 0 Å². The van der Waals surface area contributed by atoms with Crippen LogP contribution in [-0.2, 0) is 6.42 Å². The molecule has 23 heavy (non-hydrogen) atoms. The van der Waals surface area contributed by atoms with Crippen molar-refractivity contribution in [2.75, 3.05) is 0 Å². The van der Waals surface area contributed by atoms with Crippen LogP contribution in [0.15, 0.2) is 54.6 Å². The lowest BCUT2D eigenvalue weighted by atomic mass is 9.86. The minimum Gasteiger partial charge on any atom is -0.0614 e. The predicted octanol–water partition coefficient (Wildman–Crippen LogP) is 6.71. The summed E-state index contributed by atoms with van der Waals surface area (Å²) in [7, 11) is 0. The molecule has 0 aromatic heterocycles. The maximum Gasteiger partial charge on any atom is -0.0103 e. The van der Waals surface area contributed by atoms with Crippen molar-refractivity contribution in [2.24, 2.45) is 5.41 Å². The molecule has 3 aromatic carbocycles. The van der Waals surface area contributed by atoms with E-state index in [1.807, 2.05) is 0 Å². The summed E-state index contributed by atoms with van der Waals surface area (Å²) >= 11 is 0. The number of hydrogen-bond acceptors (Lipinski definition) is 0. The second-order valence-corrected chi connectivity index (χ2v) is 7.92. The first-order valence-corrected chi connectivity index (χ1v) is 8.43. The maximum atomic E-state index is 2.38. The summed E-state index contributed by atoms with van der Waals surface area (Å²) in [6.45, 7) is 11.3. The van der Waals surface area contributed by atoms with Gasteiger partial charge in [0.25, 0.3) is 0 Å². The largest absolute Gasteiger partial charge is 0.0614 e. The molecule has 0 N–H and O–H groups in total. The quantitative estimate of drug-likeness (QED) is 0.493. The van der Waals surface area contributed by atoms with Crippen molar-refractivity contribution in [3.8, 4) is 11.1 Å². The van der Waals surface area contributed by atoms with E-state index >= 15 is 0 Å². The van der Waals surface area contributed by atoms with Crippen molar-refractivity contribution >= 4 is 10.8 Å². The maximum absolute atomic E-state index is 2.38. The highest BCUT2D eigenvalue weighted by molar-refractivity contribution is 5.98. The van der Waals surface area contributed by atoms with E-state index < -0.39 is 0 Å². The Labute approximate surface area is 140 Å². The van der Waals surface area contributed by atoms with Crippen LogP contribution in [0.4, 0.5) is 0 Å². The van der Waals surface area contributed by atoms with E-state index in [1.54, 1.807) is 0 Å². The number of aryl methyl sites for hydroxylation is 2. The molecule has 0 unspecified atom stereocenters. The SMILES string of the molecule is Cc1cccc(-c2ccc(C)c3cc(CC(C)(C)C)ccc23)c1. The van der Waals surface area contributed by atoms with Crippen LogP contribution in [0, 0.1) is 19.3 Å². The fourth-order valence-electron chi connectivity index (χ4n) is 3.33. The highest BCUT2D eigenvalue weighted by Crippen LogP contribution is 2.33. The summed E-state index contributed by atoms with van der Waals surface area (Å²) in [4.78, 5) is 0. The fourth-order valence-corrected chi connectivity index (χ4v) is 3.33. The van der Waals surface area contributed by atoms with Crippen molar-refractivity contribution in [1.82, 2.24) is 0 Å². The monoisotopic (exact) mass is 302 g/mol. The van der Waals surface area contributed by atoms with E-state index in [0.29, 0.717) is 5.41 Å². The molecule has 0 saturated heterocycles. The molecule has 0 fully saturated rings. The van der Waals surface area contributed by atoms with E-state index in [2.05, 4.69) is 89.2 Å². The molecule has 0 heterocycles. The minimum absolute atomic E-state index is 0.315. The summed E-state index contributed by atoms with van der Waals surface area (Å²) in [6, 6.07) is 20.3. The summed E-state index contributed by atoms with van der Waals surface area (Å²) in [5, 5.41) is 2.74. The van der Waals surface area contributed by atoms with Gasteiger partial charge < -0.3 is 0 Å². The molecule has 0 heteroatoms. The van der Waals surface area contributed by atoms with Gasteiger partial charge in [-0.05, 0) is 58.7 Å². The minimum atomic E-state index is 0.315. The molecule has 0 atom stereocenters. The number of benzene rings is 3. The highest BCUT2D eigenvalue weighted by Gasteiger charge is 2.13. The van der Waals surface area contributed by atoms with Gasteiger partial charge in [-0.1, -0.05) is 80.9 Å². The molecule has 0 aliphatic rings. The second-order valence-electron chi connectivity index (χ2n) is 7.92. The van der Waals surface area contributed by atoms with Gasteiger partial charge in [0, 0.05) is 0 Å². The molecule has 0 nitrogen and oxygen atoms in total. The highest BCUT2D eigenvalue weighted by atomic mass is 14.2. The van der Waals surface area contributed by atoms with Gasteiger partial charge in [0.1, 0.15) is 0 Å². The summed E-state index contributed by atoms with van der Waals surface area (Å²) in [6.07, 6.45) is 1.11. The van der Waals surface area contributed by atoms with Crippen LogP contribution in [0.25, 0.3) is 21.9 Å². The van der Waals surface area contributed by atoms with Gasteiger partial charge in [-0.25, -0.2) is 0 Å². The Hall–Kier alpha value is -2.08. The standard InChI is InChI=1S/C23H26/c1-16-7-6-8-19(13-16)20-11-9-17(2)22-14-18(10-12-21(20)22)15-23(3,4)5/h6-14H,15H2,1-5H3. The Bertz CT molecular complexity index is 848. The van der Waals surface area contributed by atoms with Crippen LogP contribution in [0.1, 0.15) is 37.5 Å². The molecule has 0 aliphatic heterocycles. The zero-order chi connectivity index (χ0) is 16.6. The molecule has 0 amide bonds. The normalized spacial score (nSPS) is 11.9. The molecule has 118 valence electrons. The van der Waals surface area contributed by atoms with Crippen LogP contribution in [-0.4, -0.2) is 0 Å². The predicted molar refractivity (Wildman–Crippen MR) is 102 cm³/mol. The Morgan fingerprint density at radius 1 is 0.783 bits per heavy atom. The Kier molecular flexibility index (Phi) is 4.02. The summed E-state index contributed by atoms with van der Waals surface area (Å²) in [5.41, 5.74) is 7.04. The first-order chi connectivity index (χ1) is 10.8. The van der Waals surface area contributed by atoms with Crippen molar-refractivity contribution < 1.29 is 0 Å². The smallest absolute Gasteiger partial charge is 0.0103 e. The number of hydrogen-bond donors (Lipinski definition) is 0. The lowest BCUT2D eigenvalue weighted by Crippen LogP contribution is -2.09. The van der Waals surface area contributed by atoms with Crippen molar-refractivity contribution in [3.63, 3.8) is 0 Å². The molecule has 3 rings (SSSR count). The first kappa shape index (κ1) is 15.8. The van der Waals surface area contributed by atoms with E-state index in [9.17, 15) is 0 Å². The van der Waals surface area contributed by atoms with E-state index in [-0.39, 0.29) is 0 Å². The summed E-state index contributed by atoms with van der Waals surface area (Å²) in [5.74, 6) is 0. The zero-order valence-corrected chi connectivity index (χ0v) is 14.9. The third kappa shape index (κ3) is 3.47. The van der Waals surface area contributed by atoms with Gasteiger partial charge in [0.05, 0.1) is 0 Å². The van der Waals surface area contributed by atoms with Gasteiger partial charge in [-0.3, -0.25) is 0 Å². The first-order valence-electron chi connectivity index (χ1n) is 8.43. The van der Waals surface area contributed by atoms with Crippen LogP contribution in [0.3, 0.4) is 0 Å². The average molecular weight is 302 g/mol. The van der Waals surface area contributed by atoms with Gasteiger partial charge in [0.2, 0.25) is 0 Å². The van der Waals surface area contributed by atoms with E-state index in [1.165, 1.54) is 38.6 Å². The summed E-state index contributed by atoms with van der Waals surface area (Å²) < 4.78 is 0. The van der Waals surface area contributed by atoms with Crippen molar-refractivity contribution in [2.45, 2.75) is 41.0 Å². The average Bonchev–Trinajstić information content (AvgIpc) is 2.46. The number of rotatable bonds is 2. The number of fused-ring (bicyclic) bond motifs is 1. The Morgan fingerprint density at radius 2 is 1.57 bits per heavy atom. The van der Waals surface area contributed by atoms with Gasteiger partial charge >= 0.3 is 0 Å². The topological polar surface area (TPSA) is 0 Å². The van der Waals surface area contributed by atoms with Crippen molar-refractivity contribution in [3.05, 3.63) is 71.3 Å². The molecule has 0 saturated carbocycles. The molecular weight excluding hydrogens is 276 g/mol. The molecule has 0 radical (unpaired) electrons. The molecule has 0 spiro atoms. The second kappa shape index (κ2) is 5.85. The molecular formula is C23H26. The fraction of sp³-hybridized carbons (Fsp3) is 0.304.